The molecule has 3 nitrogen and oxygen atoms in total. The molecule has 1 aromatic rings. The summed E-state index contributed by atoms with van der Waals surface area (Å²) in [6, 6.07) is 10.5. The van der Waals surface area contributed by atoms with Gasteiger partial charge in [-0.15, -0.1) is 0 Å². The van der Waals surface area contributed by atoms with E-state index in [0.717, 1.165) is 45.3 Å². The van der Waals surface area contributed by atoms with E-state index >= 15 is 0 Å². The van der Waals surface area contributed by atoms with Crippen molar-refractivity contribution >= 4 is 14.0 Å². The number of hydrogen-bond acceptors (Lipinski definition) is 3. The maximum Gasteiger partial charge on any atom is 0.378 e. The van der Waals surface area contributed by atoms with E-state index in [4.69, 9.17) is 8.05 Å². The Bertz CT molecular complexity index is 438. The molecule has 1 unspecified atom stereocenters. The van der Waals surface area contributed by atoms with Crippen LogP contribution in [0.2, 0.25) is 0 Å². The third-order valence-corrected chi connectivity index (χ3v) is 4.41. The van der Waals surface area contributed by atoms with Crippen LogP contribution in [0.15, 0.2) is 30.3 Å². The van der Waals surface area contributed by atoms with Crippen LogP contribution in [-0.2, 0) is 16.0 Å². The molecule has 1 heterocycles. The number of unbranched alkanes of at least 4 members (excludes halogenated alkanes) is 1. The lowest BCUT2D eigenvalue weighted by Gasteiger charge is -2.22. The molecule has 0 bridgehead atoms. The van der Waals surface area contributed by atoms with Crippen LogP contribution in [0.3, 0.4) is 0 Å². The van der Waals surface area contributed by atoms with Gasteiger partial charge in [-0.05, 0) is 30.9 Å². The Balaban J connectivity index is 1.91. The smallest absolute Gasteiger partial charge is 0.378 e. The van der Waals surface area contributed by atoms with Crippen molar-refractivity contribution in [3.05, 3.63) is 35.9 Å². The summed E-state index contributed by atoms with van der Waals surface area (Å²) in [5.74, 6) is 0.0852. The van der Waals surface area contributed by atoms with E-state index in [0.29, 0.717) is 5.92 Å². The minimum Gasteiger partial charge on any atom is -0.543 e. The monoisotopic (exact) mass is 285 g/mol. The predicted octanol–water partition coefficient (Wildman–Crippen LogP) is 2.94. The van der Waals surface area contributed by atoms with Gasteiger partial charge in [0.1, 0.15) is 0 Å². The van der Waals surface area contributed by atoms with Gasteiger partial charge in [-0.3, -0.25) is 9.69 Å². The zero-order valence-corrected chi connectivity index (χ0v) is 12.8. The summed E-state index contributed by atoms with van der Waals surface area (Å²) in [6.45, 7) is 5.09. The summed E-state index contributed by atoms with van der Waals surface area (Å²) in [6.07, 6.45) is 4.08. The fraction of sp³-hybridized carbons (Fsp3) is 0.588. The van der Waals surface area contributed by atoms with Crippen LogP contribution in [-0.4, -0.2) is 32.0 Å². The van der Waals surface area contributed by atoms with E-state index in [9.17, 15) is 4.79 Å². The van der Waals surface area contributed by atoms with Crippen LogP contribution >= 0.6 is 0 Å². The van der Waals surface area contributed by atoms with Crippen molar-refractivity contribution in [2.24, 2.45) is 11.8 Å². The van der Waals surface area contributed by atoms with Crippen molar-refractivity contribution in [1.29, 1.82) is 0 Å². The molecule has 1 aliphatic rings. The van der Waals surface area contributed by atoms with Crippen molar-refractivity contribution in [3.8, 4) is 0 Å². The molecular formula is C17H24BNO2. The first-order chi connectivity index (χ1) is 10.2. The van der Waals surface area contributed by atoms with Crippen molar-refractivity contribution in [2.45, 2.75) is 39.2 Å². The highest BCUT2D eigenvalue weighted by Crippen LogP contribution is 2.29. The standard InChI is InChI=1S/C17H24BNO2/c1-2-3-9-16(17(20)21-18)15-10-11-19(13-15)12-14-7-5-4-6-8-14/h4-8,15-16H,2-3,9-13H2,1H3/t15-,16?/m0/s1. The molecule has 0 spiro atoms. The molecule has 2 radical (unpaired) electrons. The maximum absolute atomic E-state index is 11.9. The second-order valence-electron chi connectivity index (χ2n) is 5.96. The molecule has 112 valence electrons. The number of hydrogen-bond donors (Lipinski definition) is 0. The molecule has 1 saturated heterocycles. The van der Waals surface area contributed by atoms with Crippen molar-refractivity contribution in [1.82, 2.24) is 4.90 Å². The Morgan fingerprint density at radius 3 is 2.86 bits per heavy atom. The third kappa shape index (κ3) is 4.60. The van der Waals surface area contributed by atoms with Gasteiger partial charge >= 0.3 is 8.05 Å². The van der Waals surface area contributed by atoms with Crippen molar-refractivity contribution in [2.75, 3.05) is 13.1 Å². The van der Waals surface area contributed by atoms with Gasteiger partial charge < -0.3 is 4.65 Å². The van der Waals surface area contributed by atoms with E-state index in [1.54, 1.807) is 0 Å². The molecule has 0 amide bonds. The Kier molecular flexibility index (Phi) is 6.31. The minimum atomic E-state index is -0.241. The molecule has 0 N–H and O–H groups in total. The van der Waals surface area contributed by atoms with E-state index in [1.807, 2.05) is 6.07 Å². The molecule has 2 rings (SSSR count). The highest BCUT2D eigenvalue weighted by Gasteiger charge is 2.33. The van der Waals surface area contributed by atoms with Crippen LogP contribution < -0.4 is 0 Å². The Labute approximate surface area is 129 Å². The van der Waals surface area contributed by atoms with Crippen LogP contribution in [0.1, 0.15) is 38.2 Å². The van der Waals surface area contributed by atoms with Crippen molar-refractivity contribution in [3.63, 3.8) is 0 Å². The molecule has 21 heavy (non-hydrogen) atoms. The van der Waals surface area contributed by atoms with E-state index in [1.165, 1.54) is 5.56 Å². The van der Waals surface area contributed by atoms with Gasteiger partial charge in [0.25, 0.3) is 5.97 Å². The summed E-state index contributed by atoms with van der Waals surface area (Å²) in [4.78, 5) is 14.3. The first-order valence-electron chi connectivity index (χ1n) is 7.91. The predicted molar refractivity (Wildman–Crippen MR) is 84.7 cm³/mol. The molecule has 2 atom stereocenters. The fourth-order valence-corrected chi connectivity index (χ4v) is 3.23. The zero-order valence-electron chi connectivity index (χ0n) is 12.8. The molecule has 1 aliphatic heterocycles. The summed E-state index contributed by atoms with van der Waals surface area (Å²) < 4.78 is 4.52. The second kappa shape index (κ2) is 8.23. The topological polar surface area (TPSA) is 29.5 Å². The number of carbonyl (C=O) groups excluding carboxylic acids is 1. The summed E-state index contributed by atoms with van der Waals surface area (Å²) in [5, 5.41) is 0. The van der Waals surface area contributed by atoms with Crippen LogP contribution in [0.5, 0.6) is 0 Å². The van der Waals surface area contributed by atoms with E-state index in [2.05, 4.69) is 40.7 Å². The molecule has 4 heteroatoms. The minimum absolute atomic E-state index is 0.0456. The molecule has 1 fully saturated rings. The fourth-order valence-electron chi connectivity index (χ4n) is 3.23. The third-order valence-electron chi connectivity index (χ3n) is 4.41. The van der Waals surface area contributed by atoms with Crippen molar-refractivity contribution < 1.29 is 9.45 Å². The number of benzene rings is 1. The van der Waals surface area contributed by atoms with Crippen LogP contribution in [0.25, 0.3) is 0 Å². The quantitative estimate of drug-likeness (QED) is 0.721. The number of rotatable bonds is 7. The highest BCUT2D eigenvalue weighted by atomic mass is 16.5. The maximum atomic E-state index is 11.9. The van der Waals surface area contributed by atoms with Crippen LogP contribution in [0, 0.1) is 11.8 Å². The van der Waals surface area contributed by atoms with Gasteiger partial charge in [0, 0.05) is 13.1 Å². The lowest BCUT2D eigenvalue weighted by Crippen LogP contribution is -2.28. The van der Waals surface area contributed by atoms with Gasteiger partial charge in [0.2, 0.25) is 0 Å². The molecular weight excluding hydrogens is 261 g/mol. The van der Waals surface area contributed by atoms with E-state index < -0.39 is 0 Å². The largest absolute Gasteiger partial charge is 0.543 e. The van der Waals surface area contributed by atoms with Gasteiger partial charge in [0.05, 0.1) is 5.92 Å². The Morgan fingerprint density at radius 1 is 1.43 bits per heavy atom. The van der Waals surface area contributed by atoms with Gasteiger partial charge in [0.15, 0.2) is 0 Å². The average molecular weight is 285 g/mol. The first-order valence-corrected chi connectivity index (χ1v) is 7.91. The van der Waals surface area contributed by atoms with Gasteiger partial charge in [-0.25, -0.2) is 0 Å². The molecule has 0 saturated carbocycles. The second-order valence-corrected chi connectivity index (χ2v) is 5.96. The number of likely N-dealkylation sites (tertiary alicyclic amines) is 1. The van der Waals surface area contributed by atoms with Gasteiger partial charge in [-0.1, -0.05) is 50.1 Å². The van der Waals surface area contributed by atoms with E-state index in [-0.39, 0.29) is 11.9 Å². The average Bonchev–Trinajstić information content (AvgIpc) is 2.96. The summed E-state index contributed by atoms with van der Waals surface area (Å²) >= 11 is 0. The summed E-state index contributed by atoms with van der Waals surface area (Å²) in [5.41, 5.74) is 1.32. The zero-order chi connectivity index (χ0) is 15.1. The highest BCUT2D eigenvalue weighted by molar-refractivity contribution is 6.05. The SMILES string of the molecule is [B]OC(=O)C(CCCC)[C@H]1CCN(Cc2ccccc2)C1. The normalized spacial score (nSPS) is 20.3. The molecule has 1 aromatic carbocycles. The Hall–Kier alpha value is -1.29. The number of nitrogens with zero attached hydrogens (tertiary/aromatic N) is 1. The lowest BCUT2D eigenvalue weighted by molar-refractivity contribution is -0.140. The molecule has 0 aliphatic carbocycles. The Morgan fingerprint density at radius 2 is 2.19 bits per heavy atom. The molecule has 0 aromatic heterocycles. The lowest BCUT2D eigenvalue weighted by atomic mass is 9.87. The summed E-state index contributed by atoms with van der Waals surface area (Å²) in [7, 11) is 5.11. The van der Waals surface area contributed by atoms with Gasteiger partial charge in [-0.2, -0.15) is 0 Å². The van der Waals surface area contributed by atoms with Crippen LogP contribution in [0.4, 0.5) is 0 Å². The number of carbonyl (C=O) groups is 1. The first kappa shape index (κ1) is 16.1.